The number of para-hydroxylation sites is 1. The van der Waals surface area contributed by atoms with E-state index in [9.17, 15) is 0 Å². The standard InChI is InChI=1S/C15H23NO/c1-4-12(2)13-7-5-6-8-14(13)17-15(9-10-15)11-16-3/h5-8,12,16H,4,9-11H2,1-3H3. The minimum atomic E-state index is 0.0678. The molecule has 0 bridgehead atoms. The van der Waals surface area contributed by atoms with E-state index in [1.807, 2.05) is 7.05 Å². The summed E-state index contributed by atoms with van der Waals surface area (Å²) in [6.45, 7) is 5.43. The molecule has 1 atom stereocenters. The van der Waals surface area contributed by atoms with Crippen molar-refractivity contribution in [3.8, 4) is 5.75 Å². The van der Waals surface area contributed by atoms with E-state index in [0.717, 1.165) is 18.7 Å². The van der Waals surface area contributed by atoms with Gasteiger partial charge < -0.3 is 10.1 Å². The second-order valence-electron chi connectivity index (χ2n) is 5.16. The van der Waals surface area contributed by atoms with Gasteiger partial charge in [0.25, 0.3) is 0 Å². The van der Waals surface area contributed by atoms with E-state index in [2.05, 4.69) is 43.4 Å². The summed E-state index contributed by atoms with van der Waals surface area (Å²) in [5.74, 6) is 1.64. The maximum atomic E-state index is 6.24. The van der Waals surface area contributed by atoms with Crippen molar-refractivity contribution < 1.29 is 4.74 Å². The molecule has 94 valence electrons. The molecule has 0 spiro atoms. The third-order valence-electron chi connectivity index (χ3n) is 3.70. The fourth-order valence-electron chi connectivity index (χ4n) is 2.21. The van der Waals surface area contributed by atoms with Crippen LogP contribution in [0.1, 0.15) is 44.6 Å². The molecule has 1 fully saturated rings. The first-order chi connectivity index (χ1) is 8.21. The number of nitrogens with one attached hydrogen (secondary N) is 1. The highest BCUT2D eigenvalue weighted by Gasteiger charge is 2.45. The van der Waals surface area contributed by atoms with Crippen molar-refractivity contribution >= 4 is 0 Å². The Hall–Kier alpha value is -1.02. The lowest BCUT2D eigenvalue weighted by molar-refractivity contribution is 0.176. The van der Waals surface area contributed by atoms with Crippen LogP contribution in [0.4, 0.5) is 0 Å². The van der Waals surface area contributed by atoms with Crippen LogP contribution in [0.5, 0.6) is 5.75 Å². The lowest BCUT2D eigenvalue weighted by Gasteiger charge is -2.22. The lowest BCUT2D eigenvalue weighted by Crippen LogP contribution is -2.31. The van der Waals surface area contributed by atoms with Crippen LogP contribution in [-0.2, 0) is 0 Å². The van der Waals surface area contributed by atoms with E-state index in [1.54, 1.807) is 0 Å². The highest BCUT2D eigenvalue weighted by Crippen LogP contribution is 2.42. The predicted molar refractivity (Wildman–Crippen MR) is 71.7 cm³/mol. The normalized spacial score (nSPS) is 18.8. The summed E-state index contributed by atoms with van der Waals surface area (Å²) in [6, 6.07) is 8.47. The van der Waals surface area contributed by atoms with E-state index in [-0.39, 0.29) is 5.60 Å². The molecule has 2 rings (SSSR count). The number of likely N-dealkylation sites (N-methyl/N-ethyl adjacent to an activating group) is 1. The number of ether oxygens (including phenoxy) is 1. The molecule has 1 aliphatic rings. The highest BCUT2D eigenvalue weighted by atomic mass is 16.5. The summed E-state index contributed by atoms with van der Waals surface area (Å²) in [5, 5.41) is 3.23. The molecule has 1 unspecified atom stereocenters. The summed E-state index contributed by atoms with van der Waals surface area (Å²) in [7, 11) is 1.99. The first-order valence-electron chi connectivity index (χ1n) is 6.63. The second-order valence-corrected chi connectivity index (χ2v) is 5.16. The molecule has 0 aliphatic heterocycles. The molecule has 0 heterocycles. The Bertz CT molecular complexity index is 371. The summed E-state index contributed by atoms with van der Waals surface area (Å²) < 4.78 is 6.24. The van der Waals surface area contributed by atoms with Crippen LogP contribution in [0, 0.1) is 0 Å². The zero-order chi connectivity index (χ0) is 12.3. The molecule has 0 amide bonds. The monoisotopic (exact) mass is 233 g/mol. The van der Waals surface area contributed by atoms with E-state index in [4.69, 9.17) is 4.74 Å². The van der Waals surface area contributed by atoms with Crippen molar-refractivity contribution in [2.45, 2.75) is 44.6 Å². The average molecular weight is 233 g/mol. The van der Waals surface area contributed by atoms with Crippen LogP contribution in [0.2, 0.25) is 0 Å². The first-order valence-corrected chi connectivity index (χ1v) is 6.63. The summed E-state index contributed by atoms with van der Waals surface area (Å²) in [6.07, 6.45) is 3.49. The smallest absolute Gasteiger partial charge is 0.123 e. The Morgan fingerprint density at radius 1 is 1.35 bits per heavy atom. The van der Waals surface area contributed by atoms with Gasteiger partial charge in [-0.3, -0.25) is 0 Å². The van der Waals surface area contributed by atoms with Crippen molar-refractivity contribution in [3.63, 3.8) is 0 Å². The summed E-state index contributed by atoms with van der Waals surface area (Å²) in [4.78, 5) is 0. The van der Waals surface area contributed by atoms with Gasteiger partial charge in [-0.05, 0) is 43.9 Å². The van der Waals surface area contributed by atoms with Crippen LogP contribution in [0.3, 0.4) is 0 Å². The average Bonchev–Trinajstić information content (AvgIpc) is 3.09. The van der Waals surface area contributed by atoms with Gasteiger partial charge in [0.15, 0.2) is 0 Å². The fraction of sp³-hybridized carbons (Fsp3) is 0.600. The van der Waals surface area contributed by atoms with Gasteiger partial charge >= 0.3 is 0 Å². The zero-order valence-electron chi connectivity index (χ0n) is 11.1. The molecule has 1 aromatic carbocycles. The predicted octanol–water partition coefficient (Wildman–Crippen LogP) is 3.33. The van der Waals surface area contributed by atoms with Gasteiger partial charge in [-0.1, -0.05) is 32.0 Å². The van der Waals surface area contributed by atoms with Gasteiger partial charge in [0.2, 0.25) is 0 Å². The lowest BCUT2D eigenvalue weighted by atomic mass is 9.98. The first kappa shape index (κ1) is 12.4. The van der Waals surface area contributed by atoms with Crippen LogP contribution < -0.4 is 10.1 Å². The minimum absolute atomic E-state index is 0.0678. The molecule has 0 saturated heterocycles. The minimum Gasteiger partial charge on any atom is -0.486 e. The van der Waals surface area contributed by atoms with Gasteiger partial charge in [0.05, 0.1) is 0 Å². The molecule has 17 heavy (non-hydrogen) atoms. The van der Waals surface area contributed by atoms with Gasteiger partial charge in [-0.25, -0.2) is 0 Å². The van der Waals surface area contributed by atoms with Crippen LogP contribution in [0.25, 0.3) is 0 Å². The molecule has 2 nitrogen and oxygen atoms in total. The molecule has 1 saturated carbocycles. The molecule has 1 aliphatic carbocycles. The Kier molecular flexibility index (Phi) is 3.72. The maximum absolute atomic E-state index is 6.24. The molecule has 0 radical (unpaired) electrons. The maximum Gasteiger partial charge on any atom is 0.123 e. The van der Waals surface area contributed by atoms with Crippen molar-refractivity contribution in [1.29, 1.82) is 0 Å². The number of hydrogen-bond acceptors (Lipinski definition) is 2. The van der Waals surface area contributed by atoms with Crippen LogP contribution in [-0.4, -0.2) is 19.2 Å². The van der Waals surface area contributed by atoms with Gasteiger partial charge in [-0.2, -0.15) is 0 Å². The number of rotatable bonds is 6. The van der Waals surface area contributed by atoms with Crippen LogP contribution >= 0.6 is 0 Å². The Balaban J connectivity index is 2.15. The van der Waals surface area contributed by atoms with E-state index < -0.39 is 0 Å². The van der Waals surface area contributed by atoms with E-state index in [0.29, 0.717) is 5.92 Å². The Morgan fingerprint density at radius 2 is 2.06 bits per heavy atom. The molecule has 1 aromatic rings. The third-order valence-corrected chi connectivity index (χ3v) is 3.70. The van der Waals surface area contributed by atoms with E-state index in [1.165, 1.54) is 18.4 Å². The SMILES string of the molecule is CCC(C)c1ccccc1OC1(CNC)CC1. The zero-order valence-corrected chi connectivity index (χ0v) is 11.1. The topological polar surface area (TPSA) is 21.3 Å². The summed E-state index contributed by atoms with van der Waals surface area (Å²) in [5.41, 5.74) is 1.41. The van der Waals surface area contributed by atoms with Gasteiger partial charge in [0, 0.05) is 6.54 Å². The Morgan fingerprint density at radius 3 is 2.65 bits per heavy atom. The van der Waals surface area contributed by atoms with Crippen molar-refractivity contribution in [2.75, 3.05) is 13.6 Å². The number of benzene rings is 1. The largest absolute Gasteiger partial charge is 0.486 e. The van der Waals surface area contributed by atoms with Crippen molar-refractivity contribution in [1.82, 2.24) is 5.32 Å². The van der Waals surface area contributed by atoms with Crippen LogP contribution in [0.15, 0.2) is 24.3 Å². The third kappa shape index (κ3) is 2.81. The van der Waals surface area contributed by atoms with Gasteiger partial charge in [-0.15, -0.1) is 0 Å². The van der Waals surface area contributed by atoms with Crippen molar-refractivity contribution in [3.05, 3.63) is 29.8 Å². The second kappa shape index (κ2) is 5.09. The van der Waals surface area contributed by atoms with Gasteiger partial charge in [0.1, 0.15) is 11.4 Å². The molecular weight excluding hydrogens is 210 g/mol. The molecule has 0 aromatic heterocycles. The summed E-state index contributed by atoms with van der Waals surface area (Å²) >= 11 is 0. The molecule has 2 heteroatoms. The molecule has 1 N–H and O–H groups in total. The Labute approximate surface area is 104 Å². The molecular formula is C15H23NO. The fourth-order valence-corrected chi connectivity index (χ4v) is 2.21. The van der Waals surface area contributed by atoms with E-state index >= 15 is 0 Å². The highest BCUT2D eigenvalue weighted by molar-refractivity contribution is 5.37. The number of hydrogen-bond donors (Lipinski definition) is 1. The van der Waals surface area contributed by atoms with Crippen molar-refractivity contribution in [2.24, 2.45) is 0 Å². The quantitative estimate of drug-likeness (QED) is 0.813.